The van der Waals surface area contributed by atoms with E-state index in [1.165, 1.54) is 17.4 Å². The minimum Gasteiger partial charge on any atom is -0.356 e. The molecule has 0 heterocycles. The van der Waals surface area contributed by atoms with E-state index in [2.05, 4.69) is 103 Å². The third-order valence-corrected chi connectivity index (χ3v) is 13.9. The molecule has 0 atom stereocenters. The second kappa shape index (κ2) is 10.1. The zero-order valence-electron chi connectivity index (χ0n) is 16.0. The number of rotatable bonds is 4. The van der Waals surface area contributed by atoms with E-state index in [1.54, 1.807) is 0 Å². The van der Waals surface area contributed by atoms with Crippen LogP contribution in [0.25, 0.3) is 0 Å². The van der Waals surface area contributed by atoms with Crippen molar-refractivity contribution in [1.29, 1.82) is 0 Å². The SMILES string of the molecule is Clc1ccc([As+](c2ccccc2)(c2ccccc2)c2ccccc2)cc1.O=[N+]([O-])[O-]. The molecule has 0 bridgehead atoms. The first-order chi connectivity index (χ1) is 14.5. The Morgan fingerprint density at radius 3 is 1.10 bits per heavy atom. The van der Waals surface area contributed by atoms with Gasteiger partial charge in [0.25, 0.3) is 0 Å². The second-order valence-corrected chi connectivity index (χ2v) is 14.0. The Bertz CT molecular complexity index is 975. The van der Waals surface area contributed by atoms with E-state index in [4.69, 9.17) is 26.9 Å². The average Bonchev–Trinajstić information content (AvgIpc) is 2.77. The molecule has 4 nitrogen and oxygen atoms in total. The Labute approximate surface area is 183 Å². The maximum Gasteiger partial charge on any atom is 0.0689 e. The maximum absolute atomic E-state index is 8.25. The predicted octanol–water partition coefficient (Wildman–Crippen LogP) is 3.48. The van der Waals surface area contributed by atoms with Crippen LogP contribution in [0.1, 0.15) is 0 Å². The molecule has 4 aromatic rings. The molecule has 0 fully saturated rings. The summed E-state index contributed by atoms with van der Waals surface area (Å²) in [6.07, 6.45) is 0. The van der Waals surface area contributed by atoms with Gasteiger partial charge in [0, 0.05) is 0 Å². The van der Waals surface area contributed by atoms with Gasteiger partial charge in [-0.2, -0.15) is 0 Å². The van der Waals surface area contributed by atoms with E-state index in [0.717, 1.165) is 5.02 Å². The molecule has 0 spiro atoms. The summed E-state index contributed by atoms with van der Waals surface area (Å²) in [5, 5.41) is 15.5. The standard InChI is InChI=1S/C24H19AsCl.NO3/c26-24-18-16-23(17-19-24)25(20-10-4-1-5-11-20,21-12-6-2-7-13-21)22-14-8-3-9-15-22;2-1(3)4/h1-19H;/q+1;-1. The molecule has 0 aromatic heterocycles. The summed E-state index contributed by atoms with van der Waals surface area (Å²) in [6.45, 7) is 0. The van der Waals surface area contributed by atoms with Crippen LogP contribution in [0.15, 0.2) is 115 Å². The molecule has 0 aliphatic heterocycles. The number of hydrogen-bond acceptors (Lipinski definition) is 3. The molecule has 0 aliphatic rings. The second-order valence-electron chi connectivity index (χ2n) is 6.38. The van der Waals surface area contributed by atoms with Crippen LogP contribution >= 0.6 is 11.6 Å². The smallest absolute Gasteiger partial charge is 0.0689 e. The van der Waals surface area contributed by atoms with E-state index in [0.29, 0.717) is 0 Å². The molecule has 0 unspecified atom stereocenters. The van der Waals surface area contributed by atoms with Gasteiger partial charge in [-0.3, -0.25) is 0 Å². The molecular weight excluding hydrogens is 461 g/mol. The normalized spacial score (nSPS) is 10.6. The summed E-state index contributed by atoms with van der Waals surface area (Å²) in [7, 11) is 0. The summed E-state index contributed by atoms with van der Waals surface area (Å²) in [5.74, 6) is 0. The molecule has 0 amide bonds. The topological polar surface area (TPSA) is 66.2 Å². The van der Waals surface area contributed by atoms with Crippen molar-refractivity contribution in [3.8, 4) is 0 Å². The Balaban J connectivity index is 0.000000589. The van der Waals surface area contributed by atoms with Gasteiger partial charge in [-0.25, -0.2) is 0 Å². The Hall–Kier alpha value is -3.07. The van der Waals surface area contributed by atoms with Crippen molar-refractivity contribution in [2.45, 2.75) is 0 Å². The molecule has 150 valence electrons. The van der Waals surface area contributed by atoms with Crippen molar-refractivity contribution >= 4 is 42.6 Å². The largest absolute Gasteiger partial charge is 0.356 e. The van der Waals surface area contributed by atoms with Gasteiger partial charge < -0.3 is 15.3 Å². The number of nitrogens with zero attached hydrogens (tertiary/aromatic N) is 1. The van der Waals surface area contributed by atoms with Crippen LogP contribution in [0.3, 0.4) is 0 Å². The summed E-state index contributed by atoms with van der Waals surface area (Å²) in [4.78, 5) is 8.25. The van der Waals surface area contributed by atoms with Crippen LogP contribution < -0.4 is 17.4 Å². The molecule has 0 aliphatic carbocycles. The monoisotopic (exact) mass is 479 g/mol. The summed E-state index contributed by atoms with van der Waals surface area (Å²) in [5.41, 5.74) is 0. The number of benzene rings is 4. The Morgan fingerprint density at radius 2 is 0.800 bits per heavy atom. The first-order valence-corrected chi connectivity index (χ1v) is 13.3. The molecule has 0 radical (unpaired) electrons. The average molecular weight is 480 g/mol. The first-order valence-electron chi connectivity index (χ1n) is 9.18. The van der Waals surface area contributed by atoms with E-state index in [-0.39, 0.29) is 0 Å². The maximum atomic E-state index is 8.25. The fourth-order valence-corrected chi connectivity index (χ4v) is 12.5. The molecule has 0 N–H and O–H groups in total. The molecule has 6 heteroatoms. The van der Waals surface area contributed by atoms with Crippen LogP contribution in [-0.4, -0.2) is 18.6 Å². The first kappa shape index (κ1) is 21.6. The third-order valence-electron chi connectivity index (χ3n) is 4.64. The molecular formula is C24H19AsClNO3. The third kappa shape index (κ3) is 4.73. The van der Waals surface area contributed by atoms with Crippen molar-refractivity contribution in [3.05, 3.63) is 136 Å². The van der Waals surface area contributed by atoms with Gasteiger partial charge in [0.1, 0.15) is 0 Å². The fraction of sp³-hybridized carbons (Fsp3) is 0. The number of halogens is 1. The van der Waals surface area contributed by atoms with Crippen molar-refractivity contribution in [2.75, 3.05) is 0 Å². The summed E-state index contributed by atoms with van der Waals surface area (Å²) in [6, 6.07) is 41.3. The van der Waals surface area contributed by atoms with E-state index >= 15 is 0 Å². The van der Waals surface area contributed by atoms with Gasteiger partial charge in [-0.1, -0.05) is 0 Å². The van der Waals surface area contributed by atoms with Crippen molar-refractivity contribution < 1.29 is 5.09 Å². The molecule has 0 saturated carbocycles. The van der Waals surface area contributed by atoms with E-state index < -0.39 is 18.6 Å². The number of hydrogen-bond donors (Lipinski definition) is 0. The van der Waals surface area contributed by atoms with Crippen molar-refractivity contribution in [2.24, 2.45) is 0 Å². The zero-order valence-corrected chi connectivity index (χ0v) is 18.6. The van der Waals surface area contributed by atoms with Crippen LogP contribution in [0.2, 0.25) is 5.02 Å². The van der Waals surface area contributed by atoms with Gasteiger partial charge in [0.05, 0.1) is 5.09 Å². The minimum absolute atomic E-state index is 0.775. The van der Waals surface area contributed by atoms with Gasteiger partial charge in [0.15, 0.2) is 0 Å². The molecule has 4 rings (SSSR count). The molecule has 4 aromatic carbocycles. The van der Waals surface area contributed by atoms with Gasteiger partial charge in [-0.15, -0.1) is 0 Å². The minimum atomic E-state index is -2.85. The van der Waals surface area contributed by atoms with Crippen molar-refractivity contribution in [1.82, 2.24) is 0 Å². The summed E-state index contributed by atoms with van der Waals surface area (Å²) >= 11 is 3.37. The van der Waals surface area contributed by atoms with Crippen molar-refractivity contribution in [3.63, 3.8) is 0 Å². The van der Waals surface area contributed by atoms with Crippen LogP contribution in [0, 0.1) is 15.3 Å². The van der Waals surface area contributed by atoms with Gasteiger partial charge >= 0.3 is 163 Å². The van der Waals surface area contributed by atoms with Gasteiger partial charge in [-0.05, 0) is 0 Å². The van der Waals surface area contributed by atoms with Crippen LogP contribution in [0.5, 0.6) is 0 Å². The Morgan fingerprint density at radius 1 is 0.533 bits per heavy atom. The summed E-state index contributed by atoms with van der Waals surface area (Å²) < 4.78 is 5.59. The van der Waals surface area contributed by atoms with Crippen LogP contribution in [0.4, 0.5) is 0 Å². The molecule has 0 saturated heterocycles. The van der Waals surface area contributed by atoms with Gasteiger partial charge in [0.2, 0.25) is 0 Å². The predicted molar refractivity (Wildman–Crippen MR) is 125 cm³/mol. The Kier molecular flexibility index (Phi) is 7.29. The molecule has 30 heavy (non-hydrogen) atoms. The fourth-order valence-electron chi connectivity index (χ4n) is 3.51. The van der Waals surface area contributed by atoms with E-state index in [1.807, 2.05) is 12.1 Å². The zero-order chi connectivity index (χ0) is 21.4. The quantitative estimate of drug-likeness (QED) is 0.256. The van der Waals surface area contributed by atoms with E-state index in [9.17, 15) is 0 Å². The van der Waals surface area contributed by atoms with Crippen LogP contribution in [-0.2, 0) is 0 Å².